The second-order valence-corrected chi connectivity index (χ2v) is 5.33. The number of aliphatic hydroxyl groups is 1. The maximum absolute atomic E-state index is 12.2. The van der Waals surface area contributed by atoms with Gasteiger partial charge in [-0.1, -0.05) is 31.9 Å². The summed E-state index contributed by atoms with van der Waals surface area (Å²) in [6.45, 7) is 6.27. The normalized spacial score (nSPS) is 28.0. The molecule has 3 nitrogen and oxygen atoms in total. The van der Waals surface area contributed by atoms with Crippen molar-refractivity contribution in [2.75, 3.05) is 6.61 Å². The molecule has 1 rings (SSSR count). The molecule has 1 aliphatic rings. The van der Waals surface area contributed by atoms with Gasteiger partial charge in [0, 0.05) is 0 Å². The molecule has 1 unspecified atom stereocenters. The van der Waals surface area contributed by atoms with E-state index in [1.807, 2.05) is 32.9 Å². The zero-order valence-corrected chi connectivity index (χ0v) is 11.8. The first-order valence-electron chi connectivity index (χ1n) is 7.08. The van der Waals surface area contributed by atoms with Crippen LogP contribution in [0.15, 0.2) is 12.2 Å². The summed E-state index contributed by atoms with van der Waals surface area (Å²) in [5.74, 6) is 0.0497. The van der Waals surface area contributed by atoms with Gasteiger partial charge >= 0.3 is 5.97 Å². The molecule has 18 heavy (non-hydrogen) atoms. The highest BCUT2D eigenvalue weighted by atomic mass is 16.5. The molecule has 0 saturated heterocycles. The molecule has 0 aromatic rings. The standard InChI is InChI=1S/C15H26O3/c1-4-15(3,14(17)18-5-2)12-8-6-7-9-13(16)11-10-12/h10-13,16H,4-9H2,1-3H3/t12-,13+,15?/m1/s1. The van der Waals surface area contributed by atoms with Crippen molar-refractivity contribution < 1.29 is 14.6 Å². The van der Waals surface area contributed by atoms with Crippen molar-refractivity contribution in [2.45, 2.75) is 59.0 Å². The van der Waals surface area contributed by atoms with Gasteiger partial charge in [0.15, 0.2) is 0 Å². The van der Waals surface area contributed by atoms with Crippen LogP contribution < -0.4 is 0 Å². The summed E-state index contributed by atoms with van der Waals surface area (Å²) in [6.07, 6.45) is 8.15. The fraction of sp³-hybridized carbons (Fsp3) is 0.800. The first kappa shape index (κ1) is 15.2. The Hall–Kier alpha value is -0.830. The van der Waals surface area contributed by atoms with E-state index in [0.717, 1.165) is 32.1 Å². The highest BCUT2D eigenvalue weighted by molar-refractivity contribution is 5.77. The van der Waals surface area contributed by atoms with Crippen molar-refractivity contribution >= 4 is 5.97 Å². The molecule has 0 aromatic heterocycles. The predicted molar refractivity (Wildman–Crippen MR) is 72.1 cm³/mol. The third-order valence-electron chi connectivity index (χ3n) is 4.13. The molecule has 0 spiro atoms. The van der Waals surface area contributed by atoms with E-state index in [9.17, 15) is 9.90 Å². The number of ether oxygens (including phenoxy) is 1. The zero-order chi connectivity index (χ0) is 13.6. The summed E-state index contributed by atoms with van der Waals surface area (Å²) < 4.78 is 5.21. The molecule has 3 atom stereocenters. The topological polar surface area (TPSA) is 46.5 Å². The van der Waals surface area contributed by atoms with Gasteiger partial charge in [0.05, 0.1) is 18.1 Å². The lowest BCUT2D eigenvalue weighted by molar-refractivity contribution is -0.157. The molecule has 0 amide bonds. The molecule has 0 saturated carbocycles. The van der Waals surface area contributed by atoms with E-state index < -0.39 is 5.41 Å². The molecule has 0 aromatic carbocycles. The number of aliphatic hydroxyl groups excluding tert-OH is 1. The van der Waals surface area contributed by atoms with Crippen molar-refractivity contribution in [1.29, 1.82) is 0 Å². The maximum atomic E-state index is 12.2. The zero-order valence-electron chi connectivity index (χ0n) is 11.8. The summed E-state index contributed by atoms with van der Waals surface area (Å²) >= 11 is 0. The van der Waals surface area contributed by atoms with E-state index in [2.05, 4.69) is 0 Å². The number of esters is 1. The van der Waals surface area contributed by atoms with Gasteiger partial charge in [-0.3, -0.25) is 4.79 Å². The van der Waals surface area contributed by atoms with Gasteiger partial charge < -0.3 is 9.84 Å². The first-order chi connectivity index (χ1) is 8.54. The van der Waals surface area contributed by atoms with E-state index in [-0.39, 0.29) is 18.0 Å². The predicted octanol–water partition coefficient (Wildman–Crippen LogP) is 3.07. The van der Waals surface area contributed by atoms with Crippen LogP contribution in [-0.4, -0.2) is 23.8 Å². The number of hydrogen-bond donors (Lipinski definition) is 1. The van der Waals surface area contributed by atoms with Gasteiger partial charge in [0.25, 0.3) is 0 Å². The van der Waals surface area contributed by atoms with Gasteiger partial charge in [-0.15, -0.1) is 0 Å². The Morgan fingerprint density at radius 2 is 2.00 bits per heavy atom. The second-order valence-electron chi connectivity index (χ2n) is 5.33. The van der Waals surface area contributed by atoms with E-state index in [4.69, 9.17) is 4.74 Å². The van der Waals surface area contributed by atoms with E-state index in [1.54, 1.807) is 0 Å². The van der Waals surface area contributed by atoms with Gasteiger partial charge in [0.1, 0.15) is 0 Å². The molecule has 1 N–H and O–H groups in total. The first-order valence-corrected chi connectivity index (χ1v) is 7.08. The largest absolute Gasteiger partial charge is 0.466 e. The minimum atomic E-state index is -0.469. The van der Waals surface area contributed by atoms with Crippen molar-refractivity contribution in [3.63, 3.8) is 0 Å². The Kier molecular flexibility index (Phi) is 5.86. The fourth-order valence-corrected chi connectivity index (χ4v) is 2.56. The maximum Gasteiger partial charge on any atom is 0.312 e. The summed E-state index contributed by atoms with van der Waals surface area (Å²) in [6, 6.07) is 0. The number of carbonyl (C=O) groups is 1. The van der Waals surface area contributed by atoms with Crippen LogP contribution in [0.1, 0.15) is 52.9 Å². The minimum absolute atomic E-state index is 0.114. The van der Waals surface area contributed by atoms with E-state index in [0.29, 0.717) is 6.61 Å². The van der Waals surface area contributed by atoms with Gasteiger partial charge in [0.2, 0.25) is 0 Å². The average molecular weight is 254 g/mol. The molecule has 1 aliphatic carbocycles. The van der Waals surface area contributed by atoms with Gasteiger partial charge in [-0.05, 0) is 39.0 Å². The summed E-state index contributed by atoms with van der Waals surface area (Å²) in [4.78, 5) is 12.2. The molecule has 104 valence electrons. The lowest BCUT2D eigenvalue weighted by Gasteiger charge is -2.34. The third-order valence-corrected chi connectivity index (χ3v) is 4.13. The molecular weight excluding hydrogens is 228 g/mol. The number of allylic oxidation sites excluding steroid dienone is 1. The molecule has 0 fully saturated rings. The smallest absolute Gasteiger partial charge is 0.312 e. The molecule has 0 heterocycles. The number of hydrogen-bond acceptors (Lipinski definition) is 3. The van der Waals surface area contributed by atoms with Crippen LogP contribution in [0, 0.1) is 11.3 Å². The Balaban J connectivity index is 2.87. The Labute approximate surface area is 110 Å². The third kappa shape index (κ3) is 3.58. The van der Waals surface area contributed by atoms with Crippen molar-refractivity contribution in [1.82, 2.24) is 0 Å². The Bertz CT molecular complexity index is 298. The molecule has 0 aliphatic heterocycles. The molecule has 3 heteroatoms. The summed E-state index contributed by atoms with van der Waals surface area (Å²) in [5.41, 5.74) is -0.469. The Morgan fingerprint density at radius 1 is 1.33 bits per heavy atom. The highest BCUT2D eigenvalue weighted by Gasteiger charge is 2.39. The van der Waals surface area contributed by atoms with Crippen LogP contribution in [0.5, 0.6) is 0 Å². The lowest BCUT2D eigenvalue weighted by atomic mass is 9.71. The lowest BCUT2D eigenvalue weighted by Crippen LogP contribution is -2.36. The van der Waals surface area contributed by atoms with Crippen molar-refractivity contribution in [2.24, 2.45) is 11.3 Å². The highest BCUT2D eigenvalue weighted by Crippen LogP contribution is 2.38. The molecule has 0 bridgehead atoms. The van der Waals surface area contributed by atoms with E-state index >= 15 is 0 Å². The minimum Gasteiger partial charge on any atom is -0.466 e. The number of carbonyl (C=O) groups excluding carboxylic acids is 1. The van der Waals surface area contributed by atoms with Crippen LogP contribution in [0.2, 0.25) is 0 Å². The average Bonchev–Trinajstić information content (AvgIpc) is 2.33. The van der Waals surface area contributed by atoms with Crippen LogP contribution in [0.3, 0.4) is 0 Å². The van der Waals surface area contributed by atoms with Crippen molar-refractivity contribution in [3.8, 4) is 0 Å². The van der Waals surface area contributed by atoms with Gasteiger partial charge in [-0.2, -0.15) is 0 Å². The van der Waals surface area contributed by atoms with Crippen LogP contribution in [-0.2, 0) is 9.53 Å². The SMILES string of the molecule is CCOC(=O)C(C)(CC)[C@H]1C=C[C@@H](O)CCCC1. The quantitative estimate of drug-likeness (QED) is 0.619. The monoisotopic (exact) mass is 254 g/mol. The fourth-order valence-electron chi connectivity index (χ4n) is 2.56. The summed E-state index contributed by atoms with van der Waals surface area (Å²) in [5, 5.41) is 9.71. The molecular formula is C15H26O3. The molecule has 0 radical (unpaired) electrons. The second kappa shape index (κ2) is 6.93. The van der Waals surface area contributed by atoms with Crippen LogP contribution in [0.4, 0.5) is 0 Å². The Morgan fingerprint density at radius 3 is 2.61 bits per heavy atom. The van der Waals surface area contributed by atoms with Crippen LogP contribution in [0.25, 0.3) is 0 Å². The van der Waals surface area contributed by atoms with E-state index in [1.165, 1.54) is 0 Å². The van der Waals surface area contributed by atoms with Crippen molar-refractivity contribution in [3.05, 3.63) is 12.2 Å². The number of rotatable bonds is 4. The summed E-state index contributed by atoms with van der Waals surface area (Å²) in [7, 11) is 0. The van der Waals surface area contributed by atoms with Crippen LogP contribution >= 0.6 is 0 Å². The van der Waals surface area contributed by atoms with Gasteiger partial charge in [-0.25, -0.2) is 0 Å².